The number of carbonyl (C=O) groups excluding carboxylic acids is 1. The Bertz CT molecular complexity index is 316. The summed E-state index contributed by atoms with van der Waals surface area (Å²) in [5, 5.41) is 0. The van der Waals surface area contributed by atoms with E-state index in [0.717, 1.165) is 18.7 Å². The van der Waals surface area contributed by atoms with Gasteiger partial charge in [0, 0.05) is 31.7 Å². The fraction of sp³-hybridized carbons (Fsp3) is 0.500. The van der Waals surface area contributed by atoms with Crippen LogP contribution in [0.25, 0.3) is 0 Å². The SMILES string of the molecule is CCCN(C)C(=O)CSCc1cccnc1. The summed E-state index contributed by atoms with van der Waals surface area (Å²) < 4.78 is 0. The number of rotatable bonds is 6. The van der Waals surface area contributed by atoms with Crippen molar-refractivity contribution < 1.29 is 4.79 Å². The van der Waals surface area contributed by atoms with Crippen LogP contribution in [0.5, 0.6) is 0 Å². The lowest BCUT2D eigenvalue weighted by atomic mass is 10.3. The lowest BCUT2D eigenvalue weighted by Crippen LogP contribution is -2.28. The third kappa shape index (κ3) is 4.66. The Morgan fingerprint density at radius 3 is 3.00 bits per heavy atom. The van der Waals surface area contributed by atoms with Crippen molar-refractivity contribution in [2.24, 2.45) is 0 Å². The van der Waals surface area contributed by atoms with Gasteiger partial charge in [-0.25, -0.2) is 0 Å². The number of hydrogen-bond donors (Lipinski definition) is 0. The minimum absolute atomic E-state index is 0.204. The van der Waals surface area contributed by atoms with Gasteiger partial charge in [-0.2, -0.15) is 0 Å². The van der Waals surface area contributed by atoms with Gasteiger partial charge in [-0.1, -0.05) is 13.0 Å². The third-order valence-electron chi connectivity index (χ3n) is 2.20. The second kappa shape index (κ2) is 7.28. The van der Waals surface area contributed by atoms with Gasteiger partial charge < -0.3 is 4.90 Å². The molecule has 0 fully saturated rings. The van der Waals surface area contributed by atoms with E-state index < -0.39 is 0 Å². The molecule has 1 aromatic rings. The molecule has 0 saturated carbocycles. The molecule has 1 heterocycles. The van der Waals surface area contributed by atoms with Gasteiger partial charge in [0.1, 0.15) is 0 Å². The first kappa shape index (κ1) is 13.0. The molecular weight excluding hydrogens is 220 g/mol. The molecule has 4 heteroatoms. The van der Waals surface area contributed by atoms with Gasteiger partial charge in [-0.15, -0.1) is 11.8 Å². The maximum Gasteiger partial charge on any atom is 0.232 e. The highest BCUT2D eigenvalue weighted by molar-refractivity contribution is 7.99. The standard InChI is InChI=1S/C12H18N2OS/c1-3-7-14(2)12(15)10-16-9-11-5-4-6-13-8-11/h4-6,8H,3,7,9-10H2,1-2H3. The topological polar surface area (TPSA) is 33.2 Å². The van der Waals surface area contributed by atoms with Crippen molar-refractivity contribution in [1.29, 1.82) is 0 Å². The Morgan fingerprint density at radius 2 is 2.38 bits per heavy atom. The van der Waals surface area contributed by atoms with Crippen molar-refractivity contribution in [2.75, 3.05) is 19.3 Å². The monoisotopic (exact) mass is 238 g/mol. The molecule has 0 bridgehead atoms. The Labute approximate surface area is 101 Å². The van der Waals surface area contributed by atoms with Crippen LogP contribution in [0.2, 0.25) is 0 Å². The largest absolute Gasteiger partial charge is 0.345 e. The van der Waals surface area contributed by atoms with E-state index in [0.29, 0.717) is 5.75 Å². The zero-order valence-corrected chi connectivity index (χ0v) is 10.7. The zero-order chi connectivity index (χ0) is 11.8. The van der Waals surface area contributed by atoms with Crippen LogP contribution in [0.3, 0.4) is 0 Å². The van der Waals surface area contributed by atoms with Crippen LogP contribution in [0, 0.1) is 0 Å². The van der Waals surface area contributed by atoms with E-state index >= 15 is 0 Å². The molecule has 1 amide bonds. The maximum absolute atomic E-state index is 11.6. The summed E-state index contributed by atoms with van der Waals surface area (Å²) in [4.78, 5) is 17.4. The van der Waals surface area contributed by atoms with Crippen LogP contribution in [0.1, 0.15) is 18.9 Å². The summed E-state index contributed by atoms with van der Waals surface area (Å²) in [5.74, 6) is 1.60. The summed E-state index contributed by atoms with van der Waals surface area (Å²) in [6.07, 6.45) is 4.61. The van der Waals surface area contributed by atoms with Crippen molar-refractivity contribution >= 4 is 17.7 Å². The highest BCUT2D eigenvalue weighted by Gasteiger charge is 2.07. The fourth-order valence-electron chi connectivity index (χ4n) is 1.31. The van der Waals surface area contributed by atoms with Gasteiger partial charge in [-0.3, -0.25) is 9.78 Å². The average molecular weight is 238 g/mol. The third-order valence-corrected chi connectivity index (χ3v) is 3.19. The number of hydrogen-bond acceptors (Lipinski definition) is 3. The molecule has 0 unspecified atom stereocenters. The first-order valence-corrected chi connectivity index (χ1v) is 6.60. The number of carbonyl (C=O) groups is 1. The molecule has 0 saturated heterocycles. The van der Waals surface area contributed by atoms with Crippen LogP contribution in [0.15, 0.2) is 24.5 Å². The quantitative estimate of drug-likeness (QED) is 0.761. The molecule has 1 rings (SSSR count). The zero-order valence-electron chi connectivity index (χ0n) is 9.85. The second-order valence-electron chi connectivity index (χ2n) is 3.67. The van der Waals surface area contributed by atoms with E-state index in [-0.39, 0.29) is 5.91 Å². The van der Waals surface area contributed by atoms with E-state index in [4.69, 9.17) is 0 Å². The van der Waals surface area contributed by atoms with Gasteiger partial charge in [0.25, 0.3) is 0 Å². The number of thioether (sulfide) groups is 1. The highest BCUT2D eigenvalue weighted by Crippen LogP contribution is 2.11. The van der Waals surface area contributed by atoms with E-state index in [2.05, 4.69) is 11.9 Å². The first-order valence-electron chi connectivity index (χ1n) is 5.44. The molecule has 0 aliphatic carbocycles. The molecule has 0 aliphatic rings. The molecule has 0 atom stereocenters. The predicted molar refractivity (Wildman–Crippen MR) is 68.3 cm³/mol. The van der Waals surface area contributed by atoms with Crippen LogP contribution >= 0.6 is 11.8 Å². The van der Waals surface area contributed by atoms with Gasteiger partial charge in [0.05, 0.1) is 5.75 Å². The predicted octanol–water partition coefficient (Wildman–Crippen LogP) is 2.18. The highest BCUT2D eigenvalue weighted by atomic mass is 32.2. The summed E-state index contributed by atoms with van der Waals surface area (Å²) >= 11 is 1.64. The van der Waals surface area contributed by atoms with Gasteiger partial charge in [0.2, 0.25) is 5.91 Å². The smallest absolute Gasteiger partial charge is 0.232 e. The first-order chi connectivity index (χ1) is 7.74. The molecule has 3 nitrogen and oxygen atoms in total. The lowest BCUT2D eigenvalue weighted by molar-refractivity contribution is -0.127. The molecule has 0 aromatic carbocycles. The average Bonchev–Trinajstić information content (AvgIpc) is 2.30. The Balaban J connectivity index is 2.23. The second-order valence-corrected chi connectivity index (χ2v) is 4.65. The van der Waals surface area contributed by atoms with E-state index in [1.165, 1.54) is 5.56 Å². The molecule has 16 heavy (non-hydrogen) atoms. The number of amides is 1. The summed E-state index contributed by atoms with van der Waals surface area (Å²) in [6.45, 7) is 2.92. The number of aromatic nitrogens is 1. The molecule has 88 valence electrons. The summed E-state index contributed by atoms with van der Waals surface area (Å²) in [5.41, 5.74) is 1.17. The van der Waals surface area contributed by atoms with Crippen LogP contribution in [-0.4, -0.2) is 35.1 Å². The van der Waals surface area contributed by atoms with Crippen molar-refractivity contribution in [3.05, 3.63) is 30.1 Å². The van der Waals surface area contributed by atoms with E-state index in [1.54, 1.807) is 22.9 Å². The normalized spacial score (nSPS) is 10.1. The minimum atomic E-state index is 0.204. The Kier molecular flexibility index (Phi) is 5.93. The molecular formula is C12H18N2OS. The van der Waals surface area contributed by atoms with Crippen molar-refractivity contribution in [3.8, 4) is 0 Å². The van der Waals surface area contributed by atoms with Crippen molar-refractivity contribution in [1.82, 2.24) is 9.88 Å². The van der Waals surface area contributed by atoms with Gasteiger partial charge in [0.15, 0.2) is 0 Å². The lowest BCUT2D eigenvalue weighted by Gasteiger charge is -2.15. The number of pyridine rings is 1. The summed E-state index contributed by atoms with van der Waals surface area (Å²) in [6, 6.07) is 3.95. The fourth-order valence-corrected chi connectivity index (χ4v) is 2.21. The molecule has 0 spiro atoms. The van der Waals surface area contributed by atoms with Gasteiger partial charge in [-0.05, 0) is 18.1 Å². The van der Waals surface area contributed by atoms with E-state index in [9.17, 15) is 4.79 Å². The van der Waals surface area contributed by atoms with Crippen LogP contribution in [0.4, 0.5) is 0 Å². The minimum Gasteiger partial charge on any atom is -0.345 e. The summed E-state index contributed by atoms with van der Waals surface area (Å²) in [7, 11) is 1.86. The molecule has 0 N–H and O–H groups in total. The number of nitrogens with zero attached hydrogens (tertiary/aromatic N) is 2. The van der Waals surface area contributed by atoms with Crippen molar-refractivity contribution in [2.45, 2.75) is 19.1 Å². The molecule has 1 aromatic heterocycles. The molecule has 0 radical (unpaired) electrons. The molecule has 0 aliphatic heterocycles. The van der Waals surface area contributed by atoms with Gasteiger partial charge >= 0.3 is 0 Å². The maximum atomic E-state index is 11.6. The van der Waals surface area contributed by atoms with Crippen LogP contribution in [-0.2, 0) is 10.5 Å². The van der Waals surface area contributed by atoms with Crippen LogP contribution < -0.4 is 0 Å². The van der Waals surface area contributed by atoms with Crippen molar-refractivity contribution in [3.63, 3.8) is 0 Å². The van der Waals surface area contributed by atoms with E-state index in [1.807, 2.05) is 25.4 Å². The Hall–Kier alpha value is -1.03. The Morgan fingerprint density at radius 1 is 1.56 bits per heavy atom.